The number of rotatable bonds is 5. The number of aryl methyl sites for hydroxylation is 1. The minimum atomic E-state index is -0.748. The van der Waals surface area contributed by atoms with E-state index in [0.29, 0.717) is 47.8 Å². The second kappa shape index (κ2) is 8.83. The van der Waals surface area contributed by atoms with E-state index in [1.807, 2.05) is 22.4 Å². The zero-order valence-electron chi connectivity index (χ0n) is 19.1. The van der Waals surface area contributed by atoms with Gasteiger partial charge in [-0.05, 0) is 48.2 Å². The number of carbonyl (C=O) groups is 3. The number of hydrogen-bond acceptors (Lipinski definition) is 6. The topological polar surface area (TPSA) is 109 Å². The largest absolute Gasteiger partial charge is 0.347 e. The molecule has 2 aromatic carbocycles. The maximum absolute atomic E-state index is 14.1. The summed E-state index contributed by atoms with van der Waals surface area (Å²) >= 11 is 1.37. The summed E-state index contributed by atoms with van der Waals surface area (Å²) in [5.41, 5.74) is 4.67. The highest BCUT2D eigenvalue weighted by Gasteiger charge is 2.31. The number of nitrogens with one attached hydrogen (secondary N) is 2. The van der Waals surface area contributed by atoms with Crippen LogP contribution in [-0.4, -0.2) is 45.4 Å². The smallest absolute Gasteiger partial charge is 0.313 e. The molecule has 2 aromatic heterocycles. The number of amides is 3. The van der Waals surface area contributed by atoms with Crippen molar-refractivity contribution >= 4 is 45.4 Å². The predicted molar refractivity (Wildman–Crippen MR) is 132 cm³/mol. The number of carbonyl (C=O) groups excluding carboxylic acids is 3. The summed E-state index contributed by atoms with van der Waals surface area (Å²) in [6.07, 6.45) is 2.24. The van der Waals surface area contributed by atoms with Crippen LogP contribution in [-0.2, 0) is 33.6 Å². The van der Waals surface area contributed by atoms with Crippen LogP contribution in [0.1, 0.15) is 23.2 Å². The summed E-state index contributed by atoms with van der Waals surface area (Å²) in [7, 11) is 0. The van der Waals surface area contributed by atoms with E-state index >= 15 is 0 Å². The Balaban J connectivity index is 1.08. The van der Waals surface area contributed by atoms with Gasteiger partial charge in [-0.3, -0.25) is 14.4 Å². The highest BCUT2D eigenvalue weighted by atomic mass is 32.1. The second-order valence-electron chi connectivity index (χ2n) is 8.74. The molecule has 9 nitrogen and oxygen atoms in total. The van der Waals surface area contributed by atoms with Gasteiger partial charge in [0, 0.05) is 37.0 Å². The van der Waals surface area contributed by atoms with Crippen LogP contribution >= 0.6 is 11.3 Å². The molecule has 4 aromatic rings. The lowest BCUT2D eigenvalue weighted by Crippen LogP contribution is -2.36. The summed E-state index contributed by atoms with van der Waals surface area (Å²) in [4.78, 5) is 43.8. The van der Waals surface area contributed by atoms with E-state index in [2.05, 4.69) is 20.7 Å². The van der Waals surface area contributed by atoms with Gasteiger partial charge in [-0.1, -0.05) is 12.1 Å². The van der Waals surface area contributed by atoms with Crippen molar-refractivity contribution in [3.63, 3.8) is 0 Å². The van der Waals surface area contributed by atoms with Crippen molar-refractivity contribution in [2.24, 2.45) is 0 Å². The molecule has 0 atom stereocenters. The summed E-state index contributed by atoms with van der Waals surface area (Å²) in [6.45, 7) is 0.877. The molecule has 4 heterocycles. The van der Waals surface area contributed by atoms with E-state index in [1.54, 1.807) is 22.7 Å². The lowest BCUT2D eigenvalue weighted by molar-refractivity contribution is -0.136. The van der Waals surface area contributed by atoms with Gasteiger partial charge in [0.15, 0.2) is 5.82 Å². The number of aromatic nitrogens is 3. The van der Waals surface area contributed by atoms with Crippen LogP contribution in [0.4, 0.5) is 15.8 Å². The number of nitrogens with zero attached hydrogens (tertiary/aromatic N) is 4. The van der Waals surface area contributed by atoms with Gasteiger partial charge in [0.1, 0.15) is 5.82 Å². The normalized spacial score (nSPS) is 14.2. The van der Waals surface area contributed by atoms with E-state index < -0.39 is 17.6 Å². The van der Waals surface area contributed by atoms with Gasteiger partial charge in [0.25, 0.3) is 0 Å². The number of benzene rings is 2. The van der Waals surface area contributed by atoms with E-state index in [9.17, 15) is 18.8 Å². The molecule has 182 valence electrons. The fourth-order valence-corrected chi connectivity index (χ4v) is 5.61. The molecule has 3 amide bonds. The minimum absolute atomic E-state index is 0.134. The van der Waals surface area contributed by atoms with Crippen molar-refractivity contribution in [2.75, 3.05) is 23.3 Å². The van der Waals surface area contributed by atoms with Gasteiger partial charge in [-0.25, -0.2) is 8.91 Å². The molecule has 0 saturated heterocycles. The molecule has 36 heavy (non-hydrogen) atoms. The molecule has 0 saturated carbocycles. The van der Waals surface area contributed by atoms with Crippen molar-refractivity contribution in [2.45, 2.75) is 25.7 Å². The molecule has 0 fully saturated rings. The van der Waals surface area contributed by atoms with Gasteiger partial charge in [0.05, 0.1) is 16.9 Å². The van der Waals surface area contributed by atoms with Crippen LogP contribution < -0.4 is 15.5 Å². The Morgan fingerprint density at radius 1 is 1.08 bits per heavy atom. The molecule has 0 aliphatic carbocycles. The van der Waals surface area contributed by atoms with E-state index in [0.717, 1.165) is 28.9 Å². The Hall–Kier alpha value is -4.12. The molecule has 0 unspecified atom stereocenters. The zero-order valence-corrected chi connectivity index (χ0v) is 19.9. The van der Waals surface area contributed by atoms with Crippen molar-refractivity contribution in [1.82, 2.24) is 19.9 Å². The van der Waals surface area contributed by atoms with Crippen molar-refractivity contribution in [1.29, 1.82) is 0 Å². The van der Waals surface area contributed by atoms with Crippen LogP contribution in [0.15, 0.2) is 41.8 Å². The molecule has 6 rings (SSSR count). The SMILES string of the molecule is O=C(NCCc1csc2nc(-c3ccccc3F)nn12)C(=O)Nc1cc2c3c(c1)CCN3C(=O)CC2. The molecule has 2 aliphatic rings. The van der Waals surface area contributed by atoms with Crippen molar-refractivity contribution in [3.05, 3.63) is 64.4 Å². The lowest BCUT2D eigenvalue weighted by atomic mass is 9.98. The summed E-state index contributed by atoms with van der Waals surface area (Å²) < 4.78 is 15.7. The van der Waals surface area contributed by atoms with Gasteiger partial charge in [0.2, 0.25) is 10.9 Å². The highest BCUT2D eigenvalue weighted by Crippen LogP contribution is 2.38. The number of thiazole rings is 1. The number of anilines is 2. The Bertz CT molecular complexity index is 1540. The van der Waals surface area contributed by atoms with Crippen LogP contribution in [0.5, 0.6) is 0 Å². The summed E-state index contributed by atoms with van der Waals surface area (Å²) in [5.74, 6) is -1.45. The second-order valence-corrected chi connectivity index (χ2v) is 9.57. The Morgan fingerprint density at radius 3 is 2.72 bits per heavy atom. The Labute approximate surface area is 208 Å². The van der Waals surface area contributed by atoms with Crippen LogP contribution in [0.3, 0.4) is 0 Å². The number of fused-ring (bicyclic) bond motifs is 1. The van der Waals surface area contributed by atoms with E-state index in [-0.39, 0.29) is 12.5 Å². The first-order valence-corrected chi connectivity index (χ1v) is 12.5. The maximum atomic E-state index is 14.1. The molecule has 11 heteroatoms. The van der Waals surface area contributed by atoms with Crippen LogP contribution in [0.25, 0.3) is 16.3 Å². The minimum Gasteiger partial charge on any atom is -0.347 e. The number of hydrogen-bond donors (Lipinski definition) is 2. The fourth-order valence-electron chi connectivity index (χ4n) is 4.76. The first kappa shape index (κ1) is 22.4. The molecule has 0 spiro atoms. The highest BCUT2D eigenvalue weighted by molar-refractivity contribution is 7.15. The zero-order chi connectivity index (χ0) is 24.8. The fraction of sp³-hybridized carbons (Fsp3) is 0.240. The molecular weight excluding hydrogens is 483 g/mol. The predicted octanol–water partition coefficient (Wildman–Crippen LogP) is 2.73. The molecule has 0 bridgehead atoms. The Morgan fingerprint density at radius 2 is 1.89 bits per heavy atom. The summed E-state index contributed by atoms with van der Waals surface area (Å²) in [6, 6.07) is 10.00. The first-order chi connectivity index (χ1) is 17.5. The standard InChI is InChI=1S/C25H21FN6O3S/c26-19-4-2-1-3-18(19)22-29-25-32(30-22)17(13-36-25)7-9-27-23(34)24(35)28-16-11-14-5-6-20(33)31-10-8-15(12-16)21(14)31/h1-4,11-13H,5-10H2,(H,27,34)(H,28,35). The van der Waals surface area contributed by atoms with Crippen molar-refractivity contribution < 1.29 is 18.8 Å². The third-order valence-electron chi connectivity index (χ3n) is 6.45. The van der Waals surface area contributed by atoms with Gasteiger partial charge in [-0.2, -0.15) is 4.98 Å². The van der Waals surface area contributed by atoms with Crippen LogP contribution in [0.2, 0.25) is 0 Å². The quantitative estimate of drug-likeness (QED) is 0.407. The van der Waals surface area contributed by atoms with Gasteiger partial charge in [-0.15, -0.1) is 16.4 Å². The lowest BCUT2D eigenvalue weighted by Gasteiger charge is -2.25. The molecule has 0 radical (unpaired) electrons. The van der Waals surface area contributed by atoms with E-state index in [4.69, 9.17) is 0 Å². The third-order valence-corrected chi connectivity index (χ3v) is 7.31. The van der Waals surface area contributed by atoms with Gasteiger partial charge < -0.3 is 15.5 Å². The Kier molecular flexibility index (Phi) is 5.48. The molecule has 2 aliphatic heterocycles. The monoisotopic (exact) mass is 504 g/mol. The average molecular weight is 505 g/mol. The van der Waals surface area contributed by atoms with Crippen molar-refractivity contribution in [3.8, 4) is 11.4 Å². The average Bonchev–Trinajstić information content (AvgIpc) is 3.58. The third kappa shape index (κ3) is 3.91. The van der Waals surface area contributed by atoms with E-state index in [1.165, 1.54) is 17.4 Å². The molecule has 2 N–H and O–H groups in total. The number of halogens is 1. The van der Waals surface area contributed by atoms with Crippen LogP contribution in [0, 0.1) is 5.82 Å². The first-order valence-electron chi connectivity index (χ1n) is 11.6. The maximum Gasteiger partial charge on any atom is 0.313 e. The summed E-state index contributed by atoms with van der Waals surface area (Å²) in [5, 5.41) is 11.6. The molecular formula is C25H21FN6O3S. The van der Waals surface area contributed by atoms with Gasteiger partial charge >= 0.3 is 11.8 Å².